The van der Waals surface area contributed by atoms with Crippen molar-refractivity contribution in [3.63, 3.8) is 0 Å². The number of ketones is 4. The van der Waals surface area contributed by atoms with Crippen molar-refractivity contribution in [1.29, 1.82) is 0 Å². The first-order chi connectivity index (χ1) is 34.0. The van der Waals surface area contributed by atoms with Gasteiger partial charge in [0.2, 0.25) is 0 Å². The van der Waals surface area contributed by atoms with Gasteiger partial charge >= 0.3 is 0 Å². The molecule has 0 heterocycles. The number of hydrogen-bond donors (Lipinski definition) is 4. The van der Waals surface area contributed by atoms with Gasteiger partial charge in [0, 0.05) is 44.5 Å². The first kappa shape index (κ1) is 45.2. The van der Waals surface area contributed by atoms with Crippen molar-refractivity contribution in [1.82, 2.24) is 0 Å². The molecule has 0 aromatic heterocycles. The minimum atomic E-state index is -0.692. The van der Waals surface area contributed by atoms with E-state index in [1.54, 1.807) is 97.1 Å². The summed E-state index contributed by atoms with van der Waals surface area (Å²) in [6.07, 6.45) is 0. The van der Waals surface area contributed by atoms with E-state index in [2.05, 4.69) is 0 Å². The smallest absolute Gasteiger partial charge is 0.193 e. The van der Waals surface area contributed by atoms with Crippen molar-refractivity contribution < 1.29 is 38.1 Å². The normalized spacial score (nSPS) is 10.7. The molecule has 0 amide bonds. The molecular weight excluding hydrogens is 881 g/mol. The summed E-state index contributed by atoms with van der Waals surface area (Å²) in [5.74, 6) is 0.0778. The summed E-state index contributed by atoms with van der Waals surface area (Å²) in [6, 6.07) is 55.9. The number of carbonyl (C=O) groups excluding carboxylic acids is 4. The Labute approximate surface area is 402 Å². The average molecular weight is 923 g/mol. The number of nitrogens with two attached hydrogens (primary N) is 4. The summed E-state index contributed by atoms with van der Waals surface area (Å²) in [7, 11) is 0. The van der Waals surface area contributed by atoms with Crippen LogP contribution in [-0.2, 0) is 0 Å². The minimum absolute atomic E-state index is 0.0581. The third-order valence-electron chi connectivity index (χ3n) is 11.1. The second-order valence-corrected chi connectivity index (χ2v) is 15.9. The molecule has 12 nitrogen and oxygen atoms in total. The highest BCUT2D eigenvalue weighted by molar-refractivity contribution is 6.25. The van der Waals surface area contributed by atoms with Gasteiger partial charge in [-0.15, -0.1) is 0 Å². The van der Waals surface area contributed by atoms with Gasteiger partial charge in [-0.2, -0.15) is 0 Å². The van der Waals surface area contributed by atoms with Crippen LogP contribution in [0.2, 0.25) is 0 Å². The van der Waals surface area contributed by atoms with Crippen LogP contribution in [-0.4, -0.2) is 23.1 Å². The Kier molecular flexibility index (Phi) is 12.8. The van der Waals surface area contributed by atoms with Gasteiger partial charge in [-0.25, -0.2) is 0 Å². The van der Waals surface area contributed by atoms with Gasteiger partial charge in [-0.05, 0) is 133 Å². The second kappa shape index (κ2) is 19.9. The molecule has 12 heteroatoms. The summed E-state index contributed by atoms with van der Waals surface area (Å²) in [5, 5.41) is 0. The molecule has 8 N–H and O–H groups in total. The zero-order valence-corrected chi connectivity index (χ0v) is 37.2. The van der Waals surface area contributed by atoms with E-state index in [1.165, 1.54) is 84.9 Å². The minimum Gasteiger partial charge on any atom is -0.455 e. The molecule has 342 valence electrons. The Morgan fingerprint density at radius 2 is 0.514 bits per heavy atom. The van der Waals surface area contributed by atoms with Gasteiger partial charge < -0.3 is 41.9 Å². The number of benzene rings is 9. The third-order valence-corrected chi connectivity index (χ3v) is 11.1. The van der Waals surface area contributed by atoms with Gasteiger partial charge in [0.05, 0.1) is 22.7 Å². The van der Waals surface area contributed by atoms with Crippen molar-refractivity contribution in [2.75, 3.05) is 22.9 Å². The van der Waals surface area contributed by atoms with E-state index in [0.29, 0.717) is 23.0 Å². The van der Waals surface area contributed by atoms with Crippen LogP contribution in [0.15, 0.2) is 206 Å². The lowest BCUT2D eigenvalue weighted by atomic mass is 9.84. The van der Waals surface area contributed by atoms with E-state index in [-0.39, 0.29) is 90.3 Å². The Balaban J connectivity index is 1.20. The Bertz CT molecular complexity index is 3210. The molecule has 0 radical (unpaired) electrons. The summed E-state index contributed by atoms with van der Waals surface area (Å²) in [5.41, 5.74) is 25.7. The SMILES string of the molecule is Nc1cc(C(=O)c2cc(C(=O)c3ccc(Oc4ccccc4)c(N)c3)c(C(=O)c3ccc(N)c(Oc4ccccc4)c3)cc2C(=O)c2ccc(N)c(Oc3ccccc3)c2)ccc1Oc1ccccc1. The number of anilines is 4. The molecule has 0 fully saturated rings. The molecule has 0 saturated carbocycles. The molecule has 0 aliphatic heterocycles. The first-order valence-corrected chi connectivity index (χ1v) is 21.9. The molecular formula is C58H42N4O8. The molecule has 0 atom stereocenters. The van der Waals surface area contributed by atoms with Gasteiger partial charge in [0.25, 0.3) is 0 Å². The molecule has 0 aliphatic carbocycles. The quantitative estimate of drug-likeness (QED) is 0.0527. The first-order valence-electron chi connectivity index (χ1n) is 21.9. The molecule has 0 unspecified atom stereocenters. The Hall–Kier alpha value is -9.94. The van der Waals surface area contributed by atoms with E-state index >= 15 is 19.2 Å². The highest BCUT2D eigenvalue weighted by Crippen LogP contribution is 2.36. The molecule has 70 heavy (non-hydrogen) atoms. The van der Waals surface area contributed by atoms with Crippen molar-refractivity contribution in [3.05, 3.63) is 251 Å². The van der Waals surface area contributed by atoms with E-state index in [9.17, 15) is 0 Å². The summed E-state index contributed by atoms with van der Waals surface area (Å²) in [6.45, 7) is 0. The van der Waals surface area contributed by atoms with Crippen LogP contribution in [0, 0.1) is 0 Å². The van der Waals surface area contributed by atoms with E-state index in [0.717, 1.165) is 0 Å². The maximum atomic E-state index is 15.1. The van der Waals surface area contributed by atoms with Crippen LogP contribution < -0.4 is 41.9 Å². The Morgan fingerprint density at radius 3 is 0.800 bits per heavy atom. The molecule has 0 aliphatic rings. The highest BCUT2D eigenvalue weighted by atomic mass is 16.5. The summed E-state index contributed by atoms with van der Waals surface area (Å²) < 4.78 is 24.1. The van der Waals surface area contributed by atoms with E-state index < -0.39 is 23.1 Å². The van der Waals surface area contributed by atoms with Crippen molar-refractivity contribution >= 4 is 45.9 Å². The third kappa shape index (κ3) is 9.92. The van der Waals surface area contributed by atoms with E-state index in [4.69, 9.17) is 41.9 Å². The number of rotatable bonds is 16. The maximum Gasteiger partial charge on any atom is 0.193 e. The maximum absolute atomic E-state index is 15.1. The molecule has 9 aromatic carbocycles. The van der Waals surface area contributed by atoms with Gasteiger partial charge in [-0.3, -0.25) is 19.2 Å². The van der Waals surface area contributed by atoms with Crippen LogP contribution in [0.4, 0.5) is 22.7 Å². The number of hydrogen-bond acceptors (Lipinski definition) is 12. The lowest BCUT2D eigenvalue weighted by Crippen LogP contribution is -2.18. The molecule has 9 rings (SSSR count). The monoisotopic (exact) mass is 922 g/mol. The summed E-state index contributed by atoms with van der Waals surface area (Å²) in [4.78, 5) is 60.2. The van der Waals surface area contributed by atoms with Crippen molar-refractivity contribution in [2.45, 2.75) is 0 Å². The van der Waals surface area contributed by atoms with Crippen LogP contribution in [0.25, 0.3) is 0 Å². The van der Waals surface area contributed by atoms with Gasteiger partial charge in [0.15, 0.2) is 34.6 Å². The Morgan fingerprint density at radius 1 is 0.257 bits per heavy atom. The molecule has 0 spiro atoms. The van der Waals surface area contributed by atoms with Crippen LogP contribution >= 0.6 is 0 Å². The zero-order valence-electron chi connectivity index (χ0n) is 37.2. The zero-order chi connectivity index (χ0) is 48.7. The second-order valence-electron chi connectivity index (χ2n) is 15.9. The van der Waals surface area contributed by atoms with Crippen LogP contribution in [0.1, 0.15) is 63.7 Å². The fraction of sp³-hybridized carbons (Fsp3) is 0. The number of carbonyl (C=O) groups is 4. The lowest BCUT2D eigenvalue weighted by molar-refractivity contribution is 0.0993. The number of nitrogen functional groups attached to an aromatic ring is 4. The largest absolute Gasteiger partial charge is 0.455 e. The lowest BCUT2D eigenvalue weighted by Gasteiger charge is -2.17. The highest BCUT2D eigenvalue weighted by Gasteiger charge is 2.30. The standard InChI is InChI=1S/C58H42N4O8/c59-47-25-21-37(31-53(47)69-41-17-9-3-10-18-41)57(65)45-34-46(58(66)38-22-26-48(60)54(32-38)70-42-19-11-4-12-20-42)44(56(64)36-24-28-52(50(62)30-36)68-40-15-7-2-8-16-40)33-43(45)55(63)35-23-27-51(49(61)29-35)67-39-13-5-1-6-14-39/h1-34H,59-62H2. The van der Waals surface area contributed by atoms with Gasteiger partial charge in [-0.1, -0.05) is 72.8 Å². The van der Waals surface area contributed by atoms with Crippen LogP contribution in [0.3, 0.4) is 0 Å². The van der Waals surface area contributed by atoms with Crippen LogP contribution in [0.5, 0.6) is 46.0 Å². The van der Waals surface area contributed by atoms with Gasteiger partial charge in [0.1, 0.15) is 34.5 Å². The van der Waals surface area contributed by atoms with Crippen molar-refractivity contribution in [3.8, 4) is 46.0 Å². The van der Waals surface area contributed by atoms with Crippen molar-refractivity contribution in [2.24, 2.45) is 0 Å². The topological polar surface area (TPSA) is 209 Å². The fourth-order valence-electron chi connectivity index (χ4n) is 7.53. The van der Waals surface area contributed by atoms with E-state index in [1.807, 2.05) is 24.3 Å². The number of para-hydroxylation sites is 4. The number of ether oxygens (including phenoxy) is 4. The molecule has 0 bridgehead atoms. The average Bonchev–Trinajstić information content (AvgIpc) is 3.39. The molecule has 9 aromatic rings. The molecule has 0 saturated heterocycles. The summed E-state index contributed by atoms with van der Waals surface area (Å²) >= 11 is 0. The fourth-order valence-corrected chi connectivity index (χ4v) is 7.53. The predicted molar refractivity (Wildman–Crippen MR) is 270 cm³/mol. The predicted octanol–water partition coefficient (Wildman–Crippen LogP) is 12.1.